The molecule has 0 spiro atoms. The molecule has 5 aromatic rings. The van der Waals surface area contributed by atoms with Crippen LogP contribution in [0.4, 0.5) is 0 Å². The molecule has 31 heavy (non-hydrogen) atoms. The molecule has 6 rings (SSSR count). The molecule has 1 unspecified atom stereocenters. The summed E-state index contributed by atoms with van der Waals surface area (Å²) in [7, 11) is 0. The third-order valence-corrected chi connectivity index (χ3v) is 6.22. The normalized spacial score (nSPS) is 14.5. The summed E-state index contributed by atoms with van der Waals surface area (Å²) in [4.78, 5) is 35.5. The number of ether oxygens (including phenoxy) is 2. The first kappa shape index (κ1) is 17.8. The lowest BCUT2D eigenvalue weighted by atomic mass is 9.84. The van der Waals surface area contributed by atoms with E-state index < -0.39 is 18.2 Å². The molecule has 5 aromatic carbocycles. The molecule has 1 aliphatic rings. The SMILES string of the molecule is Cc1ccc2c3ccc4c5c(ccc(c6ccc(C(O)OC=O)c1c26)c53)C(=O)OC4=O. The van der Waals surface area contributed by atoms with Gasteiger partial charge in [-0.2, -0.15) is 0 Å². The zero-order valence-electron chi connectivity index (χ0n) is 16.3. The maximum Gasteiger partial charge on any atom is 0.346 e. The highest BCUT2D eigenvalue weighted by molar-refractivity contribution is 6.37. The van der Waals surface area contributed by atoms with Crippen LogP contribution in [-0.2, 0) is 14.3 Å². The number of fused-ring (bicyclic) bond motifs is 2. The molecule has 0 saturated carbocycles. The molecule has 0 radical (unpaired) electrons. The first-order valence-electron chi connectivity index (χ1n) is 9.71. The number of aryl methyl sites for hydroxylation is 1. The van der Waals surface area contributed by atoms with Gasteiger partial charge < -0.3 is 14.6 Å². The number of carbonyl (C=O) groups is 3. The summed E-state index contributed by atoms with van der Waals surface area (Å²) in [6.07, 6.45) is -1.38. The lowest BCUT2D eigenvalue weighted by Crippen LogP contribution is -2.19. The number of esters is 2. The number of carbonyl (C=O) groups excluding carboxylic acids is 3. The van der Waals surface area contributed by atoms with Gasteiger partial charge in [0.05, 0.1) is 11.1 Å². The van der Waals surface area contributed by atoms with Crippen molar-refractivity contribution in [3.05, 3.63) is 70.8 Å². The van der Waals surface area contributed by atoms with Gasteiger partial charge in [-0.25, -0.2) is 9.59 Å². The lowest BCUT2D eigenvalue weighted by Gasteiger charge is -2.22. The number of rotatable bonds is 3. The van der Waals surface area contributed by atoms with Gasteiger partial charge in [0, 0.05) is 10.9 Å². The molecule has 1 N–H and O–H groups in total. The van der Waals surface area contributed by atoms with E-state index in [0.29, 0.717) is 22.1 Å². The second-order valence-corrected chi connectivity index (χ2v) is 7.72. The Morgan fingerprint density at radius 1 is 0.774 bits per heavy atom. The van der Waals surface area contributed by atoms with Crippen molar-refractivity contribution in [3.8, 4) is 0 Å². The van der Waals surface area contributed by atoms with Crippen LogP contribution in [0, 0.1) is 6.92 Å². The number of benzene rings is 5. The Balaban J connectivity index is 1.88. The zero-order chi connectivity index (χ0) is 21.4. The highest BCUT2D eigenvalue weighted by atomic mass is 16.6. The van der Waals surface area contributed by atoms with Crippen LogP contribution in [0.2, 0.25) is 0 Å². The van der Waals surface area contributed by atoms with E-state index in [4.69, 9.17) is 9.47 Å². The summed E-state index contributed by atoms with van der Waals surface area (Å²) in [6.45, 7) is 2.16. The van der Waals surface area contributed by atoms with Gasteiger partial charge in [0.1, 0.15) is 0 Å². The average molecular weight is 410 g/mol. The molecule has 0 aliphatic carbocycles. The van der Waals surface area contributed by atoms with Crippen molar-refractivity contribution in [3.63, 3.8) is 0 Å². The van der Waals surface area contributed by atoms with Crippen LogP contribution in [0.1, 0.15) is 38.1 Å². The van der Waals surface area contributed by atoms with Gasteiger partial charge in [0.2, 0.25) is 6.29 Å². The molecule has 1 atom stereocenters. The quantitative estimate of drug-likeness (QED) is 0.117. The monoisotopic (exact) mass is 410 g/mol. The third kappa shape index (κ3) is 2.17. The number of hydrogen-bond donors (Lipinski definition) is 1. The molecule has 0 amide bonds. The van der Waals surface area contributed by atoms with E-state index >= 15 is 0 Å². The minimum Gasteiger partial charge on any atom is -0.434 e. The van der Waals surface area contributed by atoms with Gasteiger partial charge in [0.25, 0.3) is 6.47 Å². The molecule has 6 heteroatoms. The van der Waals surface area contributed by atoms with Crippen LogP contribution >= 0.6 is 0 Å². The highest BCUT2D eigenvalue weighted by Crippen LogP contribution is 2.45. The van der Waals surface area contributed by atoms with Gasteiger partial charge in [-0.3, -0.25) is 4.79 Å². The van der Waals surface area contributed by atoms with E-state index in [-0.39, 0.29) is 6.47 Å². The van der Waals surface area contributed by atoms with Crippen LogP contribution in [0.15, 0.2) is 48.5 Å². The Kier molecular flexibility index (Phi) is 3.44. The summed E-state index contributed by atoms with van der Waals surface area (Å²) >= 11 is 0. The summed E-state index contributed by atoms with van der Waals surface area (Å²) in [6, 6.07) is 14.6. The summed E-state index contributed by atoms with van der Waals surface area (Å²) in [5.41, 5.74) is 2.16. The molecule has 1 aliphatic heterocycles. The van der Waals surface area contributed by atoms with Gasteiger partial charge in [-0.1, -0.05) is 36.4 Å². The summed E-state index contributed by atoms with van der Waals surface area (Å²) < 4.78 is 9.71. The molecule has 0 aromatic heterocycles. The predicted molar refractivity (Wildman–Crippen MR) is 114 cm³/mol. The highest BCUT2D eigenvalue weighted by Gasteiger charge is 2.30. The minimum atomic E-state index is -1.38. The van der Waals surface area contributed by atoms with E-state index in [1.165, 1.54) is 0 Å². The van der Waals surface area contributed by atoms with Crippen LogP contribution in [0.25, 0.3) is 43.1 Å². The van der Waals surface area contributed by atoms with Crippen molar-refractivity contribution in [2.75, 3.05) is 0 Å². The van der Waals surface area contributed by atoms with Crippen molar-refractivity contribution >= 4 is 61.5 Å². The minimum absolute atomic E-state index is 0.225. The second-order valence-electron chi connectivity index (χ2n) is 7.72. The van der Waals surface area contributed by atoms with Gasteiger partial charge in [0.15, 0.2) is 0 Å². The van der Waals surface area contributed by atoms with Gasteiger partial charge >= 0.3 is 11.9 Å². The van der Waals surface area contributed by atoms with Crippen molar-refractivity contribution < 1.29 is 29.0 Å². The van der Waals surface area contributed by atoms with E-state index in [9.17, 15) is 19.5 Å². The van der Waals surface area contributed by atoms with E-state index in [1.54, 1.807) is 18.2 Å². The molecular formula is C25H14O6. The van der Waals surface area contributed by atoms with E-state index in [2.05, 4.69) is 0 Å². The third-order valence-electron chi connectivity index (χ3n) is 6.22. The fraction of sp³-hybridized carbons (Fsp3) is 0.0800. The molecular weight excluding hydrogens is 396 g/mol. The number of aliphatic hydroxyl groups excluding tert-OH is 1. The predicted octanol–water partition coefficient (Wildman–Crippen LogP) is 4.52. The Hall–Kier alpha value is -4.03. The fourth-order valence-corrected chi connectivity index (χ4v) is 4.96. The van der Waals surface area contributed by atoms with E-state index in [1.807, 2.05) is 37.3 Å². The first-order chi connectivity index (χ1) is 15.0. The molecule has 0 saturated heterocycles. The van der Waals surface area contributed by atoms with Crippen LogP contribution in [0.5, 0.6) is 0 Å². The van der Waals surface area contributed by atoms with Crippen LogP contribution in [0.3, 0.4) is 0 Å². The van der Waals surface area contributed by atoms with Crippen molar-refractivity contribution in [1.29, 1.82) is 0 Å². The molecule has 150 valence electrons. The standard InChI is InChI=1S/C25H14O6/c1-11-2-3-12-14-5-8-17-22-18(25(29)31-24(17)28)9-6-15(21(14)22)13-4-7-16(19(11)20(12)13)23(27)30-10-26/h2-10,23,27H,1H3. The van der Waals surface area contributed by atoms with Gasteiger partial charge in [-0.15, -0.1) is 0 Å². The number of hydrogen-bond acceptors (Lipinski definition) is 6. The first-order valence-corrected chi connectivity index (χ1v) is 9.71. The van der Waals surface area contributed by atoms with Crippen molar-refractivity contribution in [2.45, 2.75) is 13.2 Å². The zero-order valence-corrected chi connectivity index (χ0v) is 16.3. The maximum atomic E-state index is 12.4. The van der Waals surface area contributed by atoms with Crippen LogP contribution < -0.4 is 0 Å². The maximum absolute atomic E-state index is 12.4. The van der Waals surface area contributed by atoms with Crippen molar-refractivity contribution in [1.82, 2.24) is 0 Å². The lowest BCUT2D eigenvalue weighted by molar-refractivity contribution is -0.152. The van der Waals surface area contributed by atoms with Crippen molar-refractivity contribution in [2.24, 2.45) is 0 Å². The smallest absolute Gasteiger partial charge is 0.346 e. The van der Waals surface area contributed by atoms with E-state index in [0.717, 1.165) is 43.3 Å². The number of cyclic esters (lactones) is 2. The Labute approximate surface area is 174 Å². The fourth-order valence-electron chi connectivity index (χ4n) is 4.96. The van der Waals surface area contributed by atoms with Crippen LogP contribution in [-0.4, -0.2) is 23.5 Å². The average Bonchev–Trinajstić information content (AvgIpc) is 2.77. The second kappa shape index (κ2) is 6.00. The summed E-state index contributed by atoms with van der Waals surface area (Å²) in [5, 5.41) is 17.2. The molecule has 0 fully saturated rings. The largest absolute Gasteiger partial charge is 0.434 e. The van der Waals surface area contributed by atoms with Gasteiger partial charge in [-0.05, 0) is 62.3 Å². The molecule has 1 heterocycles. The molecule has 0 bridgehead atoms. The topological polar surface area (TPSA) is 89.9 Å². The summed E-state index contributed by atoms with van der Waals surface area (Å²) in [5.74, 6) is -1.30. The number of aliphatic hydroxyl groups is 1. The Morgan fingerprint density at radius 2 is 1.29 bits per heavy atom. The molecule has 6 nitrogen and oxygen atoms in total. The Bertz CT molecular complexity index is 1550. The Morgan fingerprint density at radius 3 is 1.87 bits per heavy atom.